The van der Waals surface area contributed by atoms with E-state index in [0.717, 1.165) is 0 Å². The number of halogens is 3. The van der Waals surface area contributed by atoms with E-state index in [9.17, 15) is 37.8 Å². The first kappa shape index (κ1) is 48.9. The maximum atomic E-state index is 10.4. The molecule has 0 aromatic carbocycles. The van der Waals surface area contributed by atoms with Crippen LogP contribution in [0.25, 0.3) is 0 Å². The van der Waals surface area contributed by atoms with Crippen LogP contribution < -0.4 is 0 Å². The Morgan fingerprint density at radius 1 is 0.484 bits per heavy atom. The second-order valence-electron chi connectivity index (χ2n) is 3.62. The Balaban J connectivity index is -0.0000000443. The van der Waals surface area contributed by atoms with E-state index in [1.807, 2.05) is 0 Å². The standard InChI is InChI=1S/3CH4O3S.3FH2O3P.Li.H/c6*1-5(2,3)4;;/h3*1H3,(H,2,3,4);3*(H2,2,3,4);;. The van der Waals surface area contributed by atoms with Gasteiger partial charge in [-0.3, -0.25) is 43.0 Å². The van der Waals surface area contributed by atoms with Gasteiger partial charge < -0.3 is 0 Å². The topological polar surface area (TPSA) is 336 Å². The van der Waals surface area contributed by atoms with Gasteiger partial charge in [0.15, 0.2) is 0 Å². The molecule has 194 valence electrons. The molecule has 0 rings (SSSR count). The van der Waals surface area contributed by atoms with Crippen molar-refractivity contribution in [2.45, 2.75) is 0 Å². The fourth-order valence-electron chi connectivity index (χ4n) is 0. The summed E-state index contributed by atoms with van der Waals surface area (Å²) in [6, 6.07) is 0. The monoisotopic (exact) mass is 596 g/mol. The molecule has 0 spiro atoms. The summed E-state index contributed by atoms with van der Waals surface area (Å²) in [6.45, 7) is 0. The molecule has 18 nitrogen and oxygen atoms in total. The Hall–Kier alpha value is 0.567. The zero-order valence-corrected chi connectivity index (χ0v) is 19.5. The zero-order valence-electron chi connectivity index (χ0n) is 14.4. The third kappa shape index (κ3) is 77500. The summed E-state index contributed by atoms with van der Waals surface area (Å²) < 4.78 is 135. The summed E-state index contributed by atoms with van der Waals surface area (Å²) in [4.78, 5) is 41.8. The summed E-state index contributed by atoms with van der Waals surface area (Å²) >= 11 is 0. The van der Waals surface area contributed by atoms with Crippen molar-refractivity contribution >= 4 is 72.9 Å². The van der Waals surface area contributed by atoms with Crippen molar-refractivity contribution in [1.82, 2.24) is 0 Å². The van der Waals surface area contributed by atoms with Gasteiger partial charge >= 0.3 is 42.6 Å². The van der Waals surface area contributed by atoms with Gasteiger partial charge in [-0.2, -0.15) is 25.3 Å². The van der Waals surface area contributed by atoms with Crippen LogP contribution in [0.3, 0.4) is 0 Å². The van der Waals surface area contributed by atoms with E-state index in [0.29, 0.717) is 18.8 Å². The molecule has 0 fully saturated rings. The Bertz CT molecular complexity index is 712. The van der Waals surface area contributed by atoms with Crippen molar-refractivity contribution in [3.05, 3.63) is 0 Å². The van der Waals surface area contributed by atoms with E-state index in [1.165, 1.54) is 0 Å². The van der Waals surface area contributed by atoms with Crippen molar-refractivity contribution in [1.29, 1.82) is 0 Å². The van der Waals surface area contributed by atoms with Crippen LogP contribution in [-0.2, 0) is 44.0 Å². The summed E-state index contributed by atoms with van der Waals surface area (Å²) in [7, 11) is -26.4. The van der Waals surface area contributed by atoms with Gasteiger partial charge in [0.2, 0.25) is 0 Å². The molecule has 0 heterocycles. The quantitative estimate of drug-likeness (QED) is 0.0829. The third-order valence-corrected chi connectivity index (χ3v) is 0. The maximum absolute atomic E-state index is 10.4. The van der Waals surface area contributed by atoms with Crippen molar-refractivity contribution in [2.24, 2.45) is 0 Å². The van der Waals surface area contributed by atoms with Crippen LogP contribution in [0.4, 0.5) is 12.6 Å². The van der Waals surface area contributed by atoms with E-state index < -0.39 is 54.1 Å². The fraction of sp³-hybridized carbons (Fsp3) is 1.00. The molecule has 0 atom stereocenters. The number of rotatable bonds is 0. The van der Waals surface area contributed by atoms with Gasteiger partial charge in [-0.25, -0.2) is 13.7 Å². The molecule has 0 aliphatic heterocycles. The molecule has 28 heteroatoms. The number of hydrogen-bond acceptors (Lipinski definition) is 9. The molecule has 0 saturated heterocycles. The minimum absolute atomic E-state index is 0. The molecule has 0 unspecified atom stereocenters. The molecular weight excluding hydrogens is 577 g/mol. The van der Waals surface area contributed by atoms with E-state index >= 15 is 0 Å². The Morgan fingerprint density at radius 2 is 0.484 bits per heavy atom. The Morgan fingerprint density at radius 3 is 0.484 bits per heavy atom. The second-order valence-corrected chi connectivity index (χ2v) is 10.9. The zero-order chi connectivity index (χ0) is 27.0. The van der Waals surface area contributed by atoms with E-state index in [4.69, 9.17) is 56.7 Å². The minimum atomic E-state index is -5.14. The summed E-state index contributed by atoms with van der Waals surface area (Å²) in [5.41, 5.74) is 0. The van der Waals surface area contributed by atoms with Gasteiger partial charge in [0.05, 0.1) is 18.8 Å². The van der Waals surface area contributed by atoms with Crippen LogP contribution >= 0.6 is 23.7 Å². The normalized spacial score (nSPS) is 11.3. The van der Waals surface area contributed by atoms with Crippen LogP contribution in [0.1, 0.15) is 0 Å². The van der Waals surface area contributed by atoms with E-state index in [2.05, 4.69) is 0 Å². The van der Waals surface area contributed by atoms with E-state index in [1.54, 1.807) is 0 Å². The van der Waals surface area contributed by atoms with Gasteiger partial charge in [-0.1, -0.05) is 0 Å². The molecule has 0 aliphatic carbocycles. The third-order valence-electron chi connectivity index (χ3n) is 0. The van der Waals surface area contributed by atoms with Gasteiger partial charge in [-0.05, 0) is 0 Å². The molecule has 0 bridgehead atoms. The first-order chi connectivity index (χ1) is 12.0. The summed E-state index contributed by atoms with van der Waals surface area (Å²) in [5, 5.41) is 0. The van der Waals surface area contributed by atoms with Crippen LogP contribution in [0, 0.1) is 0 Å². The Kier molecular flexibility index (Phi) is 31.5. The molecule has 0 aromatic heterocycles. The molecule has 0 radical (unpaired) electrons. The SMILES string of the molecule is CS(=O)(=O)O.CS(=O)(=O)O.CS(=O)(=O)O.O=P(O)(O)F.O=P(O)(O)F.O=P(O)(O)F.[LiH]. The Labute approximate surface area is 186 Å². The molecule has 0 aliphatic rings. The van der Waals surface area contributed by atoms with Gasteiger partial charge in [0.25, 0.3) is 30.4 Å². The van der Waals surface area contributed by atoms with Gasteiger partial charge in [0, 0.05) is 0 Å². The fourth-order valence-corrected chi connectivity index (χ4v) is 0. The first-order valence-corrected chi connectivity index (χ1v) is 15.1. The van der Waals surface area contributed by atoms with Crippen molar-refractivity contribution in [3.8, 4) is 0 Å². The van der Waals surface area contributed by atoms with Crippen molar-refractivity contribution in [3.63, 3.8) is 0 Å². The average molecular weight is 596 g/mol. The molecule has 0 saturated carbocycles. The molecule has 9 N–H and O–H groups in total. The van der Waals surface area contributed by atoms with Gasteiger partial charge in [0.1, 0.15) is 0 Å². The second kappa shape index (κ2) is 20.0. The predicted octanol–water partition coefficient (Wildman–Crippen LogP) is -1.99. The first-order valence-electron chi connectivity index (χ1n) is 5.03. The molecule has 0 amide bonds. The predicted molar refractivity (Wildman–Crippen MR) is 99.0 cm³/mol. The summed E-state index contributed by atoms with van der Waals surface area (Å²) in [6.07, 6.45) is 2.15. The van der Waals surface area contributed by atoms with Crippen LogP contribution in [0.2, 0.25) is 0 Å². The number of hydrogen-bond donors (Lipinski definition) is 9. The molecular formula is C3H19F3LiO18P3S3. The van der Waals surface area contributed by atoms with Crippen molar-refractivity contribution < 1.29 is 94.6 Å². The van der Waals surface area contributed by atoms with Gasteiger partial charge in [-0.15, -0.1) is 12.6 Å². The van der Waals surface area contributed by atoms with Crippen molar-refractivity contribution in [2.75, 3.05) is 18.8 Å². The molecule has 31 heavy (non-hydrogen) atoms. The van der Waals surface area contributed by atoms with Crippen LogP contribution in [0.15, 0.2) is 0 Å². The van der Waals surface area contributed by atoms with Crippen LogP contribution in [-0.4, -0.2) is 106 Å². The average Bonchev–Trinajstić information content (AvgIpc) is 1.94. The van der Waals surface area contributed by atoms with Crippen LogP contribution in [0.5, 0.6) is 0 Å². The molecule has 0 aromatic rings. The summed E-state index contributed by atoms with van der Waals surface area (Å²) in [5.74, 6) is 0. The van der Waals surface area contributed by atoms with E-state index in [-0.39, 0.29) is 18.9 Å².